The molecular formula is C17H18N2O2S2. The molecule has 4 nitrogen and oxygen atoms in total. The Kier molecular flexibility index (Phi) is 4.93. The Morgan fingerprint density at radius 3 is 2.83 bits per heavy atom. The predicted octanol–water partition coefficient (Wildman–Crippen LogP) is 4.25. The maximum absolute atomic E-state index is 12.4. The maximum atomic E-state index is 12.4. The third-order valence-electron chi connectivity index (χ3n) is 3.79. The molecule has 3 rings (SSSR count). The Morgan fingerprint density at radius 2 is 2.22 bits per heavy atom. The Morgan fingerprint density at radius 1 is 1.35 bits per heavy atom. The first-order valence-corrected chi connectivity index (χ1v) is 9.24. The van der Waals surface area contributed by atoms with E-state index in [1.165, 1.54) is 0 Å². The molecule has 0 aromatic carbocycles. The molecule has 0 fully saturated rings. The lowest BCUT2D eigenvalue weighted by atomic mass is 10.1. The first-order valence-electron chi connectivity index (χ1n) is 7.41. The van der Waals surface area contributed by atoms with Crippen LogP contribution in [0, 0.1) is 13.8 Å². The summed E-state index contributed by atoms with van der Waals surface area (Å²) in [6.07, 6.45) is 1.07. The zero-order valence-electron chi connectivity index (χ0n) is 13.0. The largest absolute Gasteiger partial charge is 0.361 e. The van der Waals surface area contributed by atoms with Crippen molar-refractivity contribution in [1.82, 2.24) is 10.5 Å². The van der Waals surface area contributed by atoms with E-state index in [1.54, 1.807) is 22.7 Å². The summed E-state index contributed by atoms with van der Waals surface area (Å²) in [7, 11) is 0. The summed E-state index contributed by atoms with van der Waals surface area (Å²) in [6.45, 7) is 3.79. The number of nitrogens with one attached hydrogen (secondary N) is 1. The molecule has 3 heterocycles. The molecule has 0 aliphatic rings. The number of aromatic nitrogens is 1. The molecule has 0 aliphatic carbocycles. The van der Waals surface area contributed by atoms with Crippen LogP contribution in [0.25, 0.3) is 0 Å². The first-order chi connectivity index (χ1) is 11.1. The Labute approximate surface area is 143 Å². The summed E-state index contributed by atoms with van der Waals surface area (Å²) in [4.78, 5) is 13.6. The Hall–Kier alpha value is -1.92. The van der Waals surface area contributed by atoms with Crippen molar-refractivity contribution >= 4 is 28.6 Å². The highest BCUT2D eigenvalue weighted by Crippen LogP contribution is 2.27. The zero-order valence-corrected chi connectivity index (χ0v) is 14.7. The highest BCUT2D eigenvalue weighted by atomic mass is 32.1. The van der Waals surface area contributed by atoms with Crippen LogP contribution in [0.4, 0.5) is 0 Å². The quantitative estimate of drug-likeness (QED) is 0.726. The van der Waals surface area contributed by atoms with Gasteiger partial charge in [-0.25, -0.2) is 0 Å². The summed E-state index contributed by atoms with van der Waals surface area (Å²) >= 11 is 3.30. The van der Waals surface area contributed by atoms with Gasteiger partial charge in [0, 0.05) is 16.9 Å². The van der Waals surface area contributed by atoms with Gasteiger partial charge < -0.3 is 9.84 Å². The number of hydrogen-bond donors (Lipinski definition) is 1. The molecule has 0 aliphatic heterocycles. The summed E-state index contributed by atoms with van der Waals surface area (Å²) in [5, 5.41) is 13.2. The van der Waals surface area contributed by atoms with Crippen LogP contribution in [-0.4, -0.2) is 11.1 Å². The summed E-state index contributed by atoms with van der Waals surface area (Å²) in [6, 6.07) is 6.05. The minimum atomic E-state index is -0.0709. The fraction of sp³-hybridized carbons (Fsp3) is 0.294. The molecular weight excluding hydrogens is 328 g/mol. The number of rotatable bonds is 6. The van der Waals surface area contributed by atoms with Crippen LogP contribution < -0.4 is 5.32 Å². The number of thiophene rings is 2. The second kappa shape index (κ2) is 7.10. The van der Waals surface area contributed by atoms with Crippen molar-refractivity contribution in [3.63, 3.8) is 0 Å². The Balaban J connectivity index is 1.67. The molecule has 0 saturated carbocycles. The van der Waals surface area contributed by atoms with Gasteiger partial charge >= 0.3 is 0 Å². The summed E-state index contributed by atoms with van der Waals surface area (Å²) < 4.78 is 5.15. The van der Waals surface area contributed by atoms with E-state index in [9.17, 15) is 4.79 Å². The van der Waals surface area contributed by atoms with Gasteiger partial charge in [-0.1, -0.05) is 11.2 Å². The SMILES string of the molecule is Cc1noc(C)c1CCC(=O)N[C@@H](c1ccsc1)c1cccs1. The molecule has 120 valence electrons. The van der Waals surface area contributed by atoms with E-state index in [-0.39, 0.29) is 11.9 Å². The van der Waals surface area contributed by atoms with Gasteiger partial charge in [-0.15, -0.1) is 11.3 Å². The number of nitrogens with zero attached hydrogens (tertiary/aromatic N) is 1. The van der Waals surface area contributed by atoms with Crippen molar-refractivity contribution in [2.24, 2.45) is 0 Å². The van der Waals surface area contributed by atoms with Crippen LogP contribution in [0.15, 0.2) is 38.9 Å². The first kappa shape index (κ1) is 16.0. The lowest BCUT2D eigenvalue weighted by Crippen LogP contribution is -2.28. The van der Waals surface area contributed by atoms with Crippen molar-refractivity contribution in [1.29, 1.82) is 0 Å². The fourth-order valence-electron chi connectivity index (χ4n) is 2.54. The molecule has 1 atom stereocenters. The molecule has 0 saturated heterocycles. The van der Waals surface area contributed by atoms with Gasteiger partial charge in [0.05, 0.1) is 11.7 Å². The minimum absolute atomic E-state index is 0.0367. The third-order valence-corrected chi connectivity index (χ3v) is 5.43. The monoisotopic (exact) mass is 346 g/mol. The van der Waals surface area contributed by atoms with Crippen molar-refractivity contribution in [3.8, 4) is 0 Å². The van der Waals surface area contributed by atoms with Crippen molar-refractivity contribution in [2.75, 3.05) is 0 Å². The molecule has 0 unspecified atom stereocenters. The van der Waals surface area contributed by atoms with Gasteiger partial charge in [0.2, 0.25) is 5.91 Å². The van der Waals surface area contributed by atoms with Crippen LogP contribution >= 0.6 is 22.7 Å². The van der Waals surface area contributed by atoms with Gasteiger partial charge in [-0.2, -0.15) is 11.3 Å². The highest BCUT2D eigenvalue weighted by Gasteiger charge is 2.19. The number of aryl methyl sites for hydroxylation is 2. The van der Waals surface area contributed by atoms with Gasteiger partial charge in [-0.3, -0.25) is 4.79 Å². The standard InChI is InChI=1S/C17H18N2O2S2/c1-11-14(12(2)21-19-11)5-6-16(20)18-17(13-7-9-22-10-13)15-4-3-8-23-15/h3-4,7-10,17H,5-6H2,1-2H3,(H,18,20)/t17-/m0/s1. The van der Waals surface area contributed by atoms with Crippen molar-refractivity contribution < 1.29 is 9.32 Å². The molecule has 23 heavy (non-hydrogen) atoms. The fourth-order valence-corrected chi connectivity index (χ4v) is 4.03. The van der Waals surface area contributed by atoms with E-state index in [0.29, 0.717) is 12.8 Å². The van der Waals surface area contributed by atoms with Gasteiger partial charge in [0.1, 0.15) is 5.76 Å². The second-order valence-corrected chi connectivity index (χ2v) is 7.13. The lowest BCUT2D eigenvalue weighted by Gasteiger charge is -2.16. The van der Waals surface area contributed by atoms with E-state index in [1.807, 2.05) is 30.7 Å². The summed E-state index contributed by atoms with van der Waals surface area (Å²) in [5.41, 5.74) is 3.02. The number of carbonyl (C=O) groups excluding carboxylic acids is 1. The minimum Gasteiger partial charge on any atom is -0.361 e. The van der Waals surface area contributed by atoms with Gasteiger partial charge in [0.15, 0.2) is 0 Å². The number of amides is 1. The lowest BCUT2D eigenvalue weighted by molar-refractivity contribution is -0.121. The molecule has 6 heteroatoms. The van der Waals surface area contributed by atoms with Crippen molar-refractivity contribution in [3.05, 3.63) is 61.8 Å². The normalized spacial score (nSPS) is 12.3. The van der Waals surface area contributed by atoms with E-state index >= 15 is 0 Å². The van der Waals surface area contributed by atoms with Crippen molar-refractivity contribution in [2.45, 2.75) is 32.7 Å². The Bertz CT molecular complexity index is 707. The average molecular weight is 346 g/mol. The number of hydrogen-bond acceptors (Lipinski definition) is 5. The van der Waals surface area contributed by atoms with Crippen LogP contribution in [0.2, 0.25) is 0 Å². The summed E-state index contributed by atoms with van der Waals surface area (Å²) in [5.74, 6) is 0.831. The van der Waals surface area contributed by atoms with E-state index < -0.39 is 0 Å². The van der Waals surface area contributed by atoms with Crippen LogP contribution in [0.1, 0.15) is 39.9 Å². The predicted molar refractivity (Wildman–Crippen MR) is 92.9 cm³/mol. The van der Waals surface area contributed by atoms with Crippen LogP contribution in [0.3, 0.4) is 0 Å². The molecule has 3 aromatic rings. The van der Waals surface area contributed by atoms with E-state index in [2.05, 4.69) is 28.0 Å². The maximum Gasteiger partial charge on any atom is 0.221 e. The molecule has 0 radical (unpaired) electrons. The molecule has 1 N–H and O–H groups in total. The molecule has 0 spiro atoms. The highest BCUT2D eigenvalue weighted by molar-refractivity contribution is 7.10. The van der Waals surface area contributed by atoms with Gasteiger partial charge in [-0.05, 0) is 54.1 Å². The van der Waals surface area contributed by atoms with E-state index in [0.717, 1.165) is 27.5 Å². The van der Waals surface area contributed by atoms with Crippen LogP contribution in [0.5, 0.6) is 0 Å². The van der Waals surface area contributed by atoms with Crippen LogP contribution in [-0.2, 0) is 11.2 Å². The molecule has 3 aromatic heterocycles. The van der Waals surface area contributed by atoms with Gasteiger partial charge in [0.25, 0.3) is 0 Å². The average Bonchev–Trinajstić information content (AvgIpc) is 3.27. The number of carbonyl (C=O) groups is 1. The molecule has 1 amide bonds. The second-order valence-electron chi connectivity index (χ2n) is 5.38. The smallest absolute Gasteiger partial charge is 0.221 e. The topological polar surface area (TPSA) is 55.1 Å². The zero-order chi connectivity index (χ0) is 16.2. The van der Waals surface area contributed by atoms with E-state index in [4.69, 9.17) is 4.52 Å². The molecule has 0 bridgehead atoms. The third kappa shape index (κ3) is 3.71.